The van der Waals surface area contributed by atoms with E-state index in [9.17, 15) is 9.59 Å². The summed E-state index contributed by atoms with van der Waals surface area (Å²) in [4.78, 5) is 22.3. The summed E-state index contributed by atoms with van der Waals surface area (Å²) in [6, 6.07) is 7.45. The molecule has 1 fully saturated rings. The number of rotatable bonds is 1. The maximum Gasteiger partial charge on any atom is 0.326 e. The zero-order valence-electron chi connectivity index (χ0n) is 10.7. The standard InChI is InChI=1S/C14H16N2O2/c1-14(2,3)10-6-4-9(5-7-10)8-11-12(17)16-13(18)15-11/h4-8H,1-3H3,(H2,15,16,17,18)/b11-8-. The first-order valence-electron chi connectivity index (χ1n) is 5.81. The van der Waals surface area contributed by atoms with E-state index < -0.39 is 6.03 Å². The first-order valence-corrected chi connectivity index (χ1v) is 5.81. The summed E-state index contributed by atoms with van der Waals surface area (Å²) in [6.45, 7) is 6.43. The molecule has 0 saturated carbocycles. The molecule has 0 bridgehead atoms. The molecule has 4 heteroatoms. The quantitative estimate of drug-likeness (QED) is 0.587. The molecule has 1 heterocycles. The lowest BCUT2D eigenvalue weighted by molar-refractivity contribution is -0.115. The normalized spacial score (nSPS) is 17.8. The van der Waals surface area contributed by atoms with Crippen molar-refractivity contribution in [2.75, 3.05) is 0 Å². The monoisotopic (exact) mass is 244 g/mol. The lowest BCUT2D eigenvalue weighted by Crippen LogP contribution is -2.22. The average Bonchev–Trinajstić information content (AvgIpc) is 2.57. The van der Waals surface area contributed by atoms with Crippen LogP contribution in [-0.2, 0) is 10.2 Å². The van der Waals surface area contributed by atoms with Crippen LogP contribution in [-0.4, -0.2) is 11.9 Å². The van der Waals surface area contributed by atoms with Gasteiger partial charge in [0, 0.05) is 0 Å². The van der Waals surface area contributed by atoms with Gasteiger partial charge in [0.25, 0.3) is 5.91 Å². The molecule has 0 aliphatic carbocycles. The van der Waals surface area contributed by atoms with E-state index in [0.29, 0.717) is 0 Å². The smallest absolute Gasteiger partial charge is 0.303 e. The molecule has 2 N–H and O–H groups in total. The van der Waals surface area contributed by atoms with Gasteiger partial charge in [0.15, 0.2) is 0 Å². The number of imide groups is 1. The lowest BCUT2D eigenvalue weighted by atomic mass is 9.87. The third-order valence-corrected chi connectivity index (χ3v) is 2.81. The van der Waals surface area contributed by atoms with Gasteiger partial charge in [-0.25, -0.2) is 4.79 Å². The summed E-state index contributed by atoms with van der Waals surface area (Å²) in [5, 5.41) is 4.62. The molecule has 94 valence electrons. The maximum absolute atomic E-state index is 11.4. The van der Waals surface area contributed by atoms with Gasteiger partial charge in [-0.15, -0.1) is 0 Å². The van der Waals surface area contributed by atoms with Gasteiger partial charge >= 0.3 is 6.03 Å². The number of carbonyl (C=O) groups is 2. The Bertz CT molecular complexity index is 522. The Balaban J connectivity index is 2.24. The summed E-state index contributed by atoms with van der Waals surface area (Å²) < 4.78 is 0. The number of benzene rings is 1. The van der Waals surface area contributed by atoms with Gasteiger partial charge in [-0.1, -0.05) is 45.0 Å². The fraction of sp³-hybridized carbons (Fsp3) is 0.286. The first-order chi connectivity index (χ1) is 8.36. The van der Waals surface area contributed by atoms with Crippen LogP contribution in [0.1, 0.15) is 31.9 Å². The molecule has 1 aliphatic heterocycles. The zero-order chi connectivity index (χ0) is 13.3. The summed E-state index contributed by atoms with van der Waals surface area (Å²) in [5.41, 5.74) is 2.49. The molecule has 1 saturated heterocycles. The molecular weight excluding hydrogens is 228 g/mol. The lowest BCUT2D eigenvalue weighted by Gasteiger charge is -2.18. The largest absolute Gasteiger partial charge is 0.326 e. The summed E-state index contributed by atoms with van der Waals surface area (Å²) in [5.74, 6) is -0.389. The fourth-order valence-electron chi connectivity index (χ4n) is 1.73. The van der Waals surface area contributed by atoms with Crippen LogP contribution in [0.2, 0.25) is 0 Å². The second-order valence-electron chi connectivity index (χ2n) is 5.34. The highest BCUT2D eigenvalue weighted by atomic mass is 16.2. The predicted octanol–water partition coefficient (Wildman–Crippen LogP) is 2.16. The van der Waals surface area contributed by atoms with Crippen LogP contribution in [0, 0.1) is 0 Å². The van der Waals surface area contributed by atoms with Crippen LogP contribution in [0.3, 0.4) is 0 Å². The molecule has 1 aromatic rings. The van der Waals surface area contributed by atoms with Gasteiger partial charge in [-0.3, -0.25) is 10.1 Å². The van der Waals surface area contributed by atoms with E-state index >= 15 is 0 Å². The van der Waals surface area contributed by atoms with Crippen molar-refractivity contribution < 1.29 is 9.59 Å². The Morgan fingerprint density at radius 2 is 1.61 bits per heavy atom. The molecule has 1 aromatic carbocycles. The highest BCUT2D eigenvalue weighted by molar-refractivity contribution is 6.13. The molecule has 4 nitrogen and oxygen atoms in total. The third kappa shape index (κ3) is 2.59. The Hall–Kier alpha value is -2.10. The minimum absolute atomic E-state index is 0.102. The zero-order valence-corrected chi connectivity index (χ0v) is 10.7. The van der Waals surface area contributed by atoms with Crippen molar-refractivity contribution in [1.29, 1.82) is 0 Å². The van der Waals surface area contributed by atoms with Crippen LogP contribution in [0.4, 0.5) is 4.79 Å². The molecule has 18 heavy (non-hydrogen) atoms. The Labute approximate surface area is 106 Å². The van der Waals surface area contributed by atoms with Gasteiger partial charge in [-0.05, 0) is 22.6 Å². The maximum atomic E-state index is 11.4. The second-order valence-corrected chi connectivity index (χ2v) is 5.34. The van der Waals surface area contributed by atoms with Gasteiger partial charge in [0.1, 0.15) is 5.70 Å². The van der Waals surface area contributed by atoms with Gasteiger partial charge in [0.2, 0.25) is 0 Å². The Morgan fingerprint density at radius 1 is 1.00 bits per heavy atom. The van der Waals surface area contributed by atoms with Crippen molar-refractivity contribution in [1.82, 2.24) is 10.6 Å². The van der Waals surface area contributed by atoms with Crippen molar-refractivity contribution in [2.45, 2.75) is 26.2 Å². The van der Waals surface area contributed by atoms with Crippen molar-refractivity contribution >= 4 is 18.0 Å². The van der Waals surface area contributed by atoms with E-state index in [-0.39, 0.29) is 17.0 Å². The molecular formula is C14H16N2O2. The fourth-order valence-corrected chi connectivity index (χ4v) is 1.73. The SMILES string of the molecule is CC(C)(C)c1ccc(/C=C2\NC(=O)NC2=O)cc1. The third-order valence-electron chi connectivity index (χ3n) is 2.81. The van der Waals surface area contributed by atoms with Crippen molar-refractivity contribution in [3.05, 3.63) is 41.1 Å². The van der Waals surface area contributed by atoms with Crippen LogP contribution in [0.25, 0.3) is 6.08 Å². The molecule has 3 amide bonds. The molecule has 0 atom stereocenters. The van der Waals surface area contributed by atoms with Crippen molar-refractivity contribution in [3.8, 4) is 0 Å². The Kier molecular flexibility index (Phi) is 2.95. The number of amides is 3. The summed E-state index contributed by atoms with van der Waals surface area (Å²) in [6.07, 6.45) is 1.66. The molecule has 0 radical (unpaired) electrons. The van der Waals surface area contributed by atoms with Crippen LogP contribution < -0.4 is 10.6 Å². The minimum atomic E-state index is -0.474. The average molecular weight is 244 g/mol. The van der Waals surface area contributed by atoms with Gasteiger partial charge < -0.3 is 5.32 Å². The topological polar surface area (TPSA) is 58.2 Å². The molecule has 1 aliphatic rings. The molecule has 2 rings (SSSR count). The van der Waals surface area contributed by atoms with Crippen molar-refractivity contribution in [2.24, 2.45) is 0 Å². The number of urea groups is 1. The van der Waals surface area contributed by atoms with E-state index in [2.05, 4.69) is 31.4 Å². The molecule has 0 aromatic heterocycles. The van der Waals surface area contributed by atoms with E-state index in [0.717, 1.165) is 5.56 Å². The predicted molar refractivity (Wildman–Crippen MR) is 69.8 cm³/mol. The highest BCUT2D eigenvalue weighted by Gasteiger charge is 2.22. The van der Waals surface area contributed by atoms with Crippen LogP contribution >= 0.6 is 0 Å². The number of hydrogen-bond acceptors (Lipinski definition) is 2. The van der Waals surface area contributed by atoms with Crippen LogP contribution in [0.5, 0.6) is 0 Å². The van der Waals surface area contributed by atoms with E-state index in [1.807, 2.05) is 24.3 Å². The van der Waals surface area contributed by atoms with Crippen LogP contribution in [0.15, 0.2) is 30.0 Å². The van der Waals surface area contributed by atoms with E-state index in [1.165, 1.54) is 5.56 Å². The van der Waals surface area contributed by atoms with E-state index in [4.69, 9.17) is 0 Å². The second kappa shape index (κ2) is 4.29. The Morgan fingerprint density at radius 3 is 2.06 bits per heavy atom. The number of hydrogen-bond donors (Lipinski definition) is 2. The molecule has 0 unspecified atom stereocenters. The first kappa shape index (κ1) is 12.4. The minimum Gasteiger partial charge on any atom is -0.303 e. The number of carbonyl (C=O) groups excluding carboxylic acids is 2. The summed E-state index contributed by atoms with van der Waals surface area (Å²) >= 11 is 0. The van der Waals surface area contributed by atoms with Gasteiger partial charge in [0.05, 0.1) is 0 Å². The summed E-state index contributed by atoms with van der Waals surface area (Å²) in [7, 11) is 0. The number of nitrogens with one attached hydrogen (secondary N) is 2. The molecule has 0 spiro atoms. The van der Waals surface area contributed by atoms with E-state index in [1.54, 1.807) is 6.08 Å². The van der Waals surface area contributed by atoms with Gasteiger partial charge in [-0.2, -0.15) is 0 Å². The highest BCUT2D eigenvalue weighted by Crippen LogP contribution is 2.22. The van der Waals surface area contributed by atoms with Crippen molar-refractivity contribution in [3.63, 3.8) is 0 Å².